The van der Waals surface area contributed by atoms with Crippen molar-refractivity contribution >= 4 is 84.8 Å². The third-order valence-corrected chi connectivity index (χ3v) is 15.9. The predicted octanol–water partition coefficient (Wildman–Crippen LogP) is 17.0. The minimum absolute atomic E-state index is 0.383. The Morgan fingerprint density at radius 2 is 1.07 bits per heavy atom. The van der Waals surface area contributed by atoms with Gasteiger partial charge in [0.1, 0.15) is 0 Å². The second-order valence-corrected chi connectivity index (χ2v) is 19.0. The third-order valence-electron chi connectivity index (χ3n) is 13.5. The number of fused-ring (bicyclic) bond motifs is 12. The van der Waals surface area contributed by atoms with E-state index in [0.29, 0.717) is 11.8 Å². The summed E-state index contributed by atoms with van der Waals surface area (Å²) in [4.78, 5) is 0. The average molecular weight is 814 g/mol. The number of benzene rings is 9. The smallest absolute Gasteiger partial charge is 0.0541 e. The molecule has 0 amide bonds. The van der Waals surface area contributed by atoms with E-state index in [1.54, 1.807) is 0 Å². The maximum atomic E-state index is 2.50. The molecule has 3 heterocycles. The van der Waals surface area contributed by atoms with Crippen molar-refractivity contribution in [3.8, 4) is 39.1 Å². The zero-order chi connectivity index (χ0) is 40.2. The molecule has 1 aliphatic rings. The van der Waals surface area contributed by atoms with Crippen LogP contribution < -0.4 is 0 Å². The molecule has 0 saturated heterocycles. The molecule has 288 valence electrons. The first-order chi connectivity index (χ1) is 30.1. The second-order valence-electron chi connectivity index (χ2n) is 16.8. The first kappa shape index (κ1) is 35.0. The zero-order valence-corrected chi connectivity index (χ0v) is 35.2. The molecule has 1 nitrogen and oxygen atoms in total. The van der Waals surface area contributed by atoms with E-state index in [9.17, 15) is 0 Å². The number of aromatic nitrogens is 1. The molecule has 0 saturated carbocycles. The Morgan fingerprint density at radius 1 is 0.426 bits per heavy atom. The molecule has 12 aromatic rings. The zero-order valence-electron chi connectivity index (χ0n) is 33.6. The van der Waals surface area contributed by atoms with Crippen LogP contribution in [0.15, 0.2) is 194 Å². The van der Waals surface area contributed by atoms with Crippen LogP contribution in [0.3, 0.4) is 0 Å². The third kappa shape index (κ3) is 5.44. The number of thiophene rings is 2. The van der Waals surface area contributed by atoms with Gasteiger partial charge in [0.2, 0.25) is 0 Å². The molecule has 2 unspecified atom stereocenters. The van der Waals surface area contributed by atoms with Crippen molar-refractivity contribution in [3.63, 3.8) is 0 Å². The van der Waals surface area contributed by atoms with Gasteiger partial charge in [-0.25, -0.2) is 0 Å². The fraction of sp³-hybridized carbons (Fsp3) is 0.0690. The average Bonchev–Trinajstić information content (AvgIpc) is 3.97. The summed E-state index contributed by atoms with van der Waals surface area (Å²) in [5, 5.41) is 7.81. The van der Waals surface area contributed by atoms with Gasteiger partial charge in [0, 0.05) is 62.4 Å². The Hall–Kier alpha value is -6.78. The highest BCUT2D eigenvalue weighted by Gasteiger charge is 2.29. The number of nitrogens with zero attached hydrogens (tertiary/aromatic N) is 1. The summed E-state index contributed by atoms with van der Waals surface area (Å²) < 4.78 is 7.82. The van der Waals surface area contributed by atoms with Crippen LogP contribution >= 0.6 is 22.7 Å². The monoisotopic (exact) mass is 813 g/mol. The summed E-state index contributed by atoms with van der Waals surface area (Å²) in [6, 6.07) is 73.2. The Kier molecular flexibility index (Phi) is 7.82. The van der Waals surface area contributed by atoms with Crippen molar-refractivity contribution < 1.29 is 0 Å². The molecule has 61 heavy (non-hydrogen) atoms. The van der Waals surface area contributed by atoms with Crippen LogP contribution in [0.1, 0.15) is 35.4 Å². The normalized spacial score (nSPS) is 15.2. The Labute approximate surface area is 362 Å². The summed E-state index contributed by atoms with van der Waals surface area (Å²) >= 11 is 3.78. The van der Waals surface area contributed by atoms with Gasteiger partial charge in [-0.3, -0.25) is 0 Å². The molecule has 0 spiro atoms. The molecular weight excluding hydrogens is 775 g/mol. The highest BCUT2D eigenvalue weighted by Crippen LogP contribution is 2.48. The van der Waals surface area contributed by atoms with E-state index in [-0.39, 0.29) is 0 Å². The van der Waals surface area contributed by atoms with Gasteiger partial charge in [-0.05, 0) is 123 Å². The SMILES string of the molecule is CC1c2ccc(-c3ccc4c(c3)c3ccccc3n4-c3cc(-c4ccc5sc6ccccc6c5c4)c4sc5ccccc5c4c3)cc2-c2ccccc2CC1c1ccccc1. The first-order valence-electron chi connectivity index (χ1n) is 21.3. The lowest BCUT2D eigenvalue weighted by Crippen LogP contribution is -2.10. The highest BCUT2D eigenvalue weighted by atomic mass is 32.1. The van der Waals surface area contributed by atoms with E-state index in [1.165, 1.54) is 118 Å². The Bertz CT molecular complexity index is 3710. The van der Waals surface area contributed by atoms with E-state index in [1.807, 2.05) is 22.7 Å². The van der Waals surface area contributed by atoms with Gasteiger partial charge in [0.05, 0.1) is 11.0 Å². The summed E-state index contributed by atoms with van der Waals surface area (Å²) in [5.74, 6) is 0.801. The topological polar surface area (TPSA) is 4.93 Å². The summed E-state index contributed by atoms with van der Waals surface area (Å²) in [6.45, 7) is 2.42. The first-order valence-corrected chi connectivity index (χ1v) is 23.0. The van der Waals surface area contributed by atoms with Crippen molar-refractivity contribution in [2.24, 2.45) is 0 Å². The molecule has 3 aromatic heterocycles. The van der Waals surface area contributed by atoms with E-state index in [2.05, 4.69) is 206 Å². The minimum Gasteiger partial charge on any atom is -0.309 e. The standard InChI is InChI=1S/C58H39NS2/c1-35-42-26-23-37(29-49(42)43-16-6-5-15-39(43)31-47(35)36-13-3-2-4-14-36)38-24-27-54-50(30-38)44-17-7-10-20-53(44)59(54)41-33-48(58-52(34-41)46-19-9-12-22-56(46)61-58)40-25-28-57-51(32-40)45-18-8-11-21-55(45)60-57/h2-30,32-35,47H,31H2,1H3. The van der Waals surface area contributed by atoms with Crippen molar-refractivity contribution in [3.05, 3.63) is 211 Å². The molecule has 0 radical (unpaired) electrons. The minimum atomic E-state index is 0.383. The number of rotatable bonds is 4. The molecule has 2 atom stereocenters. The lowest BCUT2D eigenvalue weighted by atomic mass is 9.80. The van der Waals surface area contributed by atoms with Gasteiger partial charge in [-0.1, -0.05) is 140 Å². The lowest BCUT2D eigenvalue weighted by Gasteiger charge is -2.24. The Balaban J connectivity index is 0.995. The summed E-state index contributed by atoms with van der Waals surface area (Å²) in [6.07, 6.45) is 1.03. The van der Waals surface area contributed by atoms with E-state index in [0.717, 1.165) is 6.42 Å². The van der Waals surface area contributed by atoms with Crippen LogP contribution in [0, 0.1) is 0 Å². The van der Waals surface area contributed by atoms with E-state index >= 15 is 0 Å². The van der Waals surface area contributed by atoms with Gasteiger partial charge >= 0.3 is 0 Å². The van der Waals surface area contributed by atoms with E-state index < -0.39 is 0 Å². The Morgan fingerprint density at radius 3 is 1.93 bits per heavy atom. The molecule has 13 rings (SSSR count). The molecule has 9 aromatic carbocycles. The lowest BCUT2D eigenvalue weighted by molar-refractivity contribution is 0.579. The fourth-order valence-corrected chi connectivity index (χ4v) is 12.9. The van der Waals surface area contributed by atoms with Gasteiger partial charge in [0.25, 0.3) is 0 Å². The predicted molar refractivity (Wildman–Crippen MR) is 264 cm³/mol. The molecule has 0 N–H and O–H groups in total. The van der Waals surface area contributed by atoms with Crippen LogP contribution in [0.2, 0.25) is 0 Å². The van der Waals surface area contributed by atoms with Crippen LogP contribution in [-0.2, 0) is 6.42 Å². The highest BCUT2D eigenvalue weighted by molar-refractivity contribution is 7.26. The van der Waals surface area contributed by atoms with Gasteiger partial charge in [0.15, 0.2) is 0 Å². The van der Waals surface area contributed by atoms with Crippen LogP contribution in [0.25, 0.3) is 101 Å². The van der Waals surface area contributed by atoms with E-state index in [4.69, 9.17) is 0 Å². The second kappa shape index (κ2) is 13.6. The molecule has 1 aliphatic carbocycles. The largest absolute Gasteiger partial charge is 0.309 e. The quantitative estimate of drug-likeness (QED) is 0.167. The molecular formula is C58H39NS2. The molecule has 0 aliphatic heterocycles. The number of hydrogen-bond donors (Lipinski definition) is 0. The maximum absolute atomic E-state index is 2.50. The fourth-order valence-electron chi connectivity index (χ4n) is 10.5. The molecule has 3 heteroatoms. The summed E-state index contributed by atoms with van der Waals surface area (Å²) in [5.41, 5.74) is 15.6. The van der Waals surface area contributed by atoms with Gasteiger partial charge in [-0.15, -0.1) is 22.7 Å². The summed E-state index contributed by atoms with van der Waals surface area (Å²) in [7, 11) is 0. The van der Waals surface area contributed by atoms with Crippen LogP contribution in [0.5, 0.6) is 0 Å². The van der Waals surface area contributed by atoms with Crippen molar-refractivity contribution in [2.45, 2.75) is 25.2 Å². The van der Waals surface area contributed by atoms with Crippen LogP contribution in [0.4, 0.5) is 0 Å². The van der Waals surface area contributed by atoms with Gasteiger partial charge in [-0.2, -0.15) is 0 Å². The van der Waals surface area contributed by atoms with Crippen molar-refractivity contribution in [2.75, 3.05) is 0 Å². The van der Waals surface area contributed by atoms with Crippen molar-refractivity contribution in [1.29, 1.82) is 0 Å². The van der Waals surface area contributed by atoms with Crippen molar-refractivity contribution in [1.82, 2.24) is 4.57 Å². The maximum Gasteiger partial charge on any atom is 0.0541 e. The van der Waals surface area contributed by atoms with Gasteiger partial charge < -0.3 is 4.57 Å². The molecule has 0 fully saturated rings. The van der Waals surface area contributed by atoms with Crippen LogP contribution in [-0.4, -0.2) is 4.57 Å². The number of hydrogen-bond acceptors (Lipinski definition) is 2. The number of para-hydroxylation sites is 1. The molecule has 0 bridgehead atoms.